The van der Waals surface area contributed by atoms with Crippen molar-refractivity contribution in [3.05, 3.63) is 65.1 Å². The van der Waals surface area contributed by atoms with Crippen LogP contribution in [-0.2, 0) is 4.74 Å². The van der Waals surface area contributed by atoms with Crippen LogP contribution >= 0.6 is 11.6 Å². The number of halogens is 4. The molecule has 0 bridgehead atoms. The Kier molecular flexibility index (Phi) is 7.22. The van der Waals surface area contributed by atoms with Gasteiger partial charge in [0.25, 0.3) is 0 Å². The third kappa shape index (κ3) is 5.22. The third-order valence-corrected chi connectivity index (χ3v) is 6.19. The summed E-state index contributed by atoms with van der Waals surface area (Å²) in [4.78, 5) is 6.27. The monoisotopic (exact) mass is 531 g/mol. The summed E-state index contributed by atoms with van der Waals surface area (Å²) in [6.45, 7) is 3.53. The third-order valence-electron chi connectivity index (χ3n) is 5.91. The number of hydrogen-bond donors (Lipinski definition) is 1. The van der Waals surface area contributed by atoms with Gasteiger partial charge in [-0.05, 0) is 46.3 Å². The van der Waals surface area contributed by atoms with Crippen molar-refractivity contribution < 1.29 is 22.6 Å². The molecule has 13 heteroatoms. The van der Waals surface area contributed by atoms with E-state index in [4.69, 9.17) is 26.8 Å². The zero-order valence-electron chi connectivity index (χ0n) is 19.4. The summed E-state index contributed by atoms with van der Waals surface area (Å²) >= 11 is 5.90. The van der Waals surface area contributed by atoms with E-state index in [2.05, 4.69) is 25.4 Å². The van der Waals surface area contributed by atoms with Crippen molar-refractivity contribution in [2.45, 2.75) is 0 Å². The number of benzene rings is 2. The van der Waals surface area contributed by atoms with Gasteiger partial charge >= 0.3 is 0 Å². The van der Waals surface area contributed by atoms with Crippen molar-refractivity contribution in [2.24, 2.45) is 0 Å². The number of ether oxygens (including phenoxy) is 2. The lowest BCUT2D eigenvalue weighted by Crippen LogP contribution is -2.38. The molecule has 9 nitrogen and oxygen atoms in total. The van der Waals surface area contributed by atoms with Gasteiger partial charge in [0.2, 0.25) is 5.82 Å². The maximum Gasteiger partial charge on any atom is 0.202 e. The van der Waals surface area contributed by atoms with Gasteiger partial charge in [0.15, 0.2) is 17.4 Å². The number of nitrogen functional groups attached to an aromatic ring is 1. The van der Waals surface area contributed by atoms with Crippen LogP contribution in [0.1, 0.15) is 0 Å². The minimum absolute atomic E-state index is 0.0272. The number of pyridine rings is 1. The first kappa shape index (κ1) is 24.9. The Morgan fingerprint density at radius 2 is 1.84 bits per heavy atom. The summed E-state index contributed by atoms with van der Waals surface area (Å²) < 4.78 is 55.4. The van der Waals surface area contributed by atoms with Crippen LogP contribution in [0.2, 0.25) is 5.02 Å². The van der Waals surface area contributed by atoms with E-state index >= 15 is 4.39 Å². The van der Waals surface area contributed by atoms with Crippen LogP contribution in [0.3, 0.4) is 0 Å². The van der Waals surface area contributed by atoms with Crippen LogP contribution in [0.4, 0.5) is 19.0 Å². The molecule has 37 heavy (non-hydrogen) atoms. The van der Waals surface area contributed by atoms with E-state index in [9.17, 15) is 8.78 Å². The Labute approximate surface area is 214 Å². The summed E-state index contributed by atoms with van der Waals surface area (Å²) in [5, 5.41) is 11.3. The number of aromatic nitrogens is 5. The van der Waals surface area contributed by atoms with Crippen molar-refractivity contribution in [2.75, 3.05) is 45.2 Å². The Hall–Kier alpha value is -3.74. The zero-order valence-corrected chi connectivity index (χ0v) is 20.1. The van der Waals surface area contributed by atoms with Gasteiger partial charge in [-0.15, -0.1) is 5.10 Å². The van der Waals surface area contributed by atoms with Gasteiger partial charge in [0, 0.05) is 31.4 Å². The fourth-order valence-electron chi connectivity index (χ4n) is 3.91. The molecule has 5 rings (SSSR count). The molecule has 0 spiro atoms. The smallest absolute Gasteiger partial charge is 0.202 e. The second kappa shape index (κ2) is 10.7. The quantitative estimate of drug-likeness (QED) is 0.384. The van der Waals surface area contributed by atoms with Gasteiger partial charge in [-0.3, -0.25) is 4.90 Å². The molecule has 2 N–H and O–H groups in total. The van der Waals surface area contributed by atoms with Gasteiger partial charge in [0.05, 0.1) is 23.8 Å². The number of rotatable bonds is 7. The number of nitrogens with zero attached hydrogens (tertiary/aromatic N) is 6. The second-order valence-corrected chi connectivity index (χ2v) is 8.62. The lowest BCUT2D eigenvalue weighted by Gasteiger charge is -2.26. The summed E-state index contributed by atoms with van der Waals surface area (Å²) in [6, 6.07) is 8.41. The topological polar surface area (TPSA) is 104 Å². The number of tetrazole rings is 1. The molecule has 1 aliphatic heterocycles. The van der Waals surface area contributed by atoms with Crippen LogP contribution in [-0.4, -0.2) is 69.5 Å². The number of nitrogens with two attached hydrogens (primary N) is 1. The molecular weight excluding hydrogens is 511 g/mol. The van der Waals surface area contributed by atoms with Crippen LogP contribution in [0.15, 0.2) is 42.6 Å². The van der Waals surface area contributed by atoms with Crippen LogP contribution < -0.4 is 10.5 Å². The van der Waals surface area contributed by atoms with Gasteiger partial charge in [0.1, 0.15) is 23.9 Å². The lowest BCUT2D eigenvalue weighted by molar-refractivity contribution is 0.0320. The predicted molar refractivity (Wildman–Crippen MR) is 130 cm³/mol. The molecule has 1 fully saturated rings. The Balaban J connectivity index is 1.42. The maximum atomic E-state index is 15.1. The minimum atomic E-state index is -1.19. The molecule has 3 heterocycles. The Bertz CT molecular complexity index is 1430. The highest BCUT2D eigenvalue weighted by Gasteiger charge is 2.22. The van der Waals surface area contributed by atoms with E-state index < -0.39 is 17.5 Å². The minimum Gasteiger partial charge on any atom is -0.489 e. The first-order valence-corrected chi connectivity index (χ1v) is 11.7. The van der Waals surface area contributed by atoms with Crippen LogP contribution in [0, 0.1) is 17.5 Å². The Morgan fingerprint density at radius 3 is 2.62 bits per heavy atom. The molecule has 0 radical (unpaired) electrons. The average molecular weight is 532 g/mol. The molecule has 2 aromatic carbocycles. The maximum absolute atomic E-state index is 15.1. The van der Waals surface area contributed by atoms with Gasteiger partial charge < -0.3 is 15.2 Å². The molecule has 0 aliphatic carbocycles. The SMILES string of the molecule is Nc1ncc(-c2ccc(F)c(Cl)c2)cc1-c1nnnn1-c1ccc(OCCN2CCOCC2)c(F)c1F. The molecule has 0 atom stereocenters. The van der Waals surface area contributed by atoms with Crippen LogP contribution in [0.25, 0.3) is 28.2 Å². The van der Waals surface area contributed by atoms with E-state index in [1.807, 2.05) is 0 Å². The second-order valence-electron chi connectivity index (χ2n) is 8.21. The van der Waals surface area contributed by atoms with Gasteiger partial charge in [-0.2, -0.15) is 9.07 Å². The van der Waals surface area contributed by atoms with E-state index in [-0.39, 0.29) is 40.3 Å². The Morgan fingerprint density at radius 1 is 1.03 bits per heavy atom. The summed E-state index contributed by atoms with van der Waals surface area (Å²) in [5.74, 6) is -3.06. The average Bonchev–Trinajstić information content (AvgIpc) is 3.38. The number of morpholine rings is 1. The largest absolute Gasteiger partial charge is 0.489 e. The van der Waals surface area contributed by atoms with Crippen molar-refractivity contribution >= 4 is 17.4 Å². The molecule has 1 aliphatic rings. The van der Waals surface area contributed by atoms with E-state index in [0.717, 1.165) is 17.8 Å². The lowest BCUT2D eigenvalue weighted by atomic mass is 10.0. The zero-order chi connectivity index (χ0) is 25.9. The first-order valence-electron chi connectivity index (χ1n) is 11.3. The molecule has 0 unspecified atom stereocenters. The summed E-state index contributed by atoms with van der Waals surface area (Å²) in [5.41, 5.74) is 7.18. The van der Waals surface area contributed by atoms with Crippen molar-refractivity contribution in [3.63, 3.8) is 0 Å². The normalized spacial score (nSPS) is 14.2. The summed E-state index contributed by atoms with van der Waals surface area (Å²) in [7, 11) is 0. The fourth-order valence-corrected chi connectivity index (χ4v) is 4.09. The summed E-state index contributed by atoms with van der Waals surface area (Å²) in [6.07, 6.45) is 1.47. The van der Waals surface area contributed by atoms with E-state index in [1.54, 1.807) is 6.07 Å². The van der Waals surface area contributed by atoms with Gasteiger partial charge in [-0.25, -0.2) is 13.8 Å². The standard InChI is InChI=1S/C24H21ClF3N7O2/c25-17-12-14(1-2-18(17)26)15-11-16(23(29)30-13-15)24-31-32-33-35(24)19-3-4-20(22(28)21(19)27)37-10-7-34-5-8-36-9-6-34/h1-4,11-13H,5-10H2,(H2,29,30). The van der Waals surface area contributed by atoms with E-state index in [1.165, 1.54) is 36.5 Å². The highest BCUT2D eigenvalue weighted by molar-refractivity contribution is 6.31. The molecular formula is C24H21ClF3N7O2. The predicted octanol–water partition coefficient (Wildman–Crippen LogP) is 3.76. The number of anilines is 1. The van der Waals surface area contributed by atoms with Crippen molar-refractivity contribution in [3.8, 4) is 34.0 Å². The molecule has 192 valence electrons. The molecule has 4 aromatic rings. The van der Waals surface area contributed by atoms with Gasteiger partial charge in [-0.1, -0.05) is 17.7 Å². The molecule has 1 saturated heterocycles. The van der Waals surface area contributed by atoms with E-state index in [0.29, 0.717) is 30.9 Å². The van der Waals surface area contributed by atoms with Crippen LogP contribution in [0.5, 0.6) is 5.75 Å². The van der Waals surface area contributed by atoms with Crippen molar-refractivity contribution in [1.82, 2.24) is 30.1 Å². The number of hydrogen-bond acceptors (Lipinski definition) is 8. The molecule has 0 amide bonds. The van der Waals surface area contributed by atoms with Crippen molar-refractivity contribution in [1.29, 1.82) is 0 Å². The fraction of sp³-hybridized carbons (Fsp3) is 0.250. The molecule has 0 saturated carbocycles. The highest BCUT2D eigenvalue weighted by Crippen LogP contribution is 2.32. The molecule has 2 aromatic heterocycles. The highest BCUT2D eigenvalue weighted by atomic mass is 35.5. The first-order chi connectivity index (χ1) is 17.9.